The van der Waals surface area contributed by atoms with E-state index in [1.54, 1.807) is 18.9 Å². The summed E-state index contributed by atoms with van der Waals surface area (Å²) in [5.74, 6) is 5.62. The van der Waals surface area contributed by atoms with Crippen LogP contribution in [0.25, 0.3) is 0 Å². The average molecular weight is 258 g/mol. The molecule has 0 saturated carbocycles. The Balaban J connectivity index is 2.53. The fourth-order valence-electron chi connectivity index (χ4n) is 2.02. The third kappa shape index (κ3) is 2.00. The van der Waals surface area contributed by atoms with Crippen LogP contribution in [0.15, 0.2) is 35.7 Å². The van der Waals surface area contributed by atoms with Crippen molar-refractivity contribution in [3.05, 3.63) is 35.7 Å². The maximum absolute atomic E-state index is 11.8. The fourth-order valence-corrected chi connectivity index (χ4v) is 2.02. The van der Waals surface area contributed by atoms with Crippen LogP contribution in [0.5, 0.6) is 0 Å². The van der Waals surface area contributed by atoms with E-state index in [4.69, 9.17) is 10.6 Å². The van der Waals surface area contributed by atoms with Gasteiger partial charge in [0.05, 0.1) is 18.0 Å². The Hall–Kier alpha value is -2.52. The van der Waals surface area contributed by atoms with Gasteiger partial charge >= 0.3 is 5.97 Å². The van der Waals surface area contributed by atoms with Crippen LogP contribution in [-0.2, 0) is 9.53 Å². The zero-order chi connectivity index (χ0) is 14.0. The molecule has 6 heteroatoms. The van der Waals surface area contributed by atoms with Crippen molar-refractivity contribution in [2.24, 2.45) is 5.84 Å². The number of nitrogens with zero attached hydrogens (tertiary/aromatic N) is 3. The lowest BCUT2D eigenvalue weighted by atomic mass is 10.3. The van der Waals surface area contributed by atoms with Crippen LogP contribution in [0.1, 0.15) is 6.92 Å². The van der Waals surface area contributed by atoms with Crippen molar-refractivity contribution in [1.82, 2.24) is 0 Å². The van der Waals surface area contributed by atoms with E-state index in [1.807, 2.05) is 30.3 Å². The summed E-state index contributed by atoms with van der Waals surface area (Å²) in [5, 5.41) is 10.5. The molecule has 0 unspecified atom stereocenters. The number of hydrogen-bond acceptors (Lipinski definition) is 6. The molecule has 1 aliphatic rings. The highest BCUT2D eigenvalue weighted by Crippen LogP contribution is 2.39. The van der Waals surface area contributed by atoms with Gasteiger partial charge in [0, 0.05) is 7.05 Å². The van der Waals surface area contributed by atoms with Crippen LogP contribution < -0.4 is 15.8 Å². The SMILES string of the molecule is CCOC(=O)/C(C#N)=C1/N(C)c2ccccc2N1N. The number of para-hydroxylation sites is 2. The van der Waals surface area contributed by atoms with E-state index in [1.165, 1.54) is 5.01 Å². The number of benzene rings is 1. The van der Waals surface area contributed by atoms with E-state index in [-0.39, 0.29) is 12.2 Å². The maximum atomic E-state index is 11.8. The third-order valence-corrected chi connectivity index (χ3v) is 2.86. The van der Waals surface area contributed by atoms with E-state index in [9.17, 15) is 10.1 Å². The summed E-state index contributed by atoms with van der Waals surface area (Å²) in [6.07, 6.45) is 0. The van der Waals surface area contributed by atoms with E-state index in [0.29, 0.717) is 5.82 Å². The Morgan fingerprint density at radius 3 is 2.58 bits per heavy atom. The monoisotopic (exact) mass is 258 g/mol. The van der Waals surface area contributed by atoms with E-state index >= 15 is 0 Å². The second kappa shape index (κ2) is 5.00. The first-order valence-corrected chi connectivity index (χ1v) is 5.80. The van der Waals surface area contributed by atoms with Gasteiger partial charge in [-0.25, -0.2) is 10.6 Å². The van der Waals surface area contributed by atoms with Crippen molar-refractivity contribution >= 4 is 17.3 Å². The number of esters is 1. The molecule has 2 rings (SSSR count). The van der Waals surface area contributed by atoms with Crippen LogP contribution in [0.4, 0.5) is 11.4 Å². The molecule has 98 valence electrons. The molecule has 0 spiro atoms. The predicted molar refractivity (Wildman–Crippen MR) is 70.8 cm³/mol. The van der Waals surface area contributed by atoms with Gasteiger partial charge < -0.3 is 9.64 Å². The van der Waals surface area contributed by atoms with Gasteiger partial charge in [0.15, 0.2) is 11.4 Å². The van der Waals surface area contributed by atoms with Crippen molar-refractivity contribution in [3.8, 4) is 6.07 Å². The van der Waals surface area contributed by atoms with Crippen molar-refractivity contribution in [2.75, 3.05) is 23.6 Å². The second-order valence-electron chi connectivity index (χ2n) is 3.95. The molecule has 0 aliphatic carbocycles. The van der Waals surface area contributed by atoms with Crippen LogP contribution in [-0.4, -0.2) is 19.6 Å². The normalized spacial score (nSPS) is 15.9. The van der Waals surface area contributed by atoms with E-state index < -0.39 is 5.97 Å². The number of nitrogens with two attached hydrogens (primary N) is 1. The molecular weight excluding hydrogens is 244 g/mol. The number of ether oxygens (including phenoxy) is 1. The summed E-state index contributed by atoms with van der Waals surface area (Å²) in [5.41, 5.74) is 1.46. The lowest BCUT2D eigenvalue weighted by molar-refractivity contribution is -0.138. The third-order valence-electron chi connectivity index (χ3n) is 2.86. The number of carbonyl (C=O) groups is 1. The first-order valence-electron chi connectivity index (χ1n) is 5.80. The first-order chi connectivity index (χ1) is 9.11. The quantitative estimate of drug-likeness (QED) is 0.370. The van der Waals surface area contributed by atoms with Crippen LogP contribution in [0, 0.1) is 11.3 Å². The number of nitriles is 1. The van der Waals surface area contributed by atoms with Gasteiger partial charge in [0.25, 0.3) is 0 Å². The Bertz CT molecular complexity index is 558. The van der Waals surface area contributed by atoms with Gasteiger partial charge in [-0.2, -0.15) is 5.26 Å². The molecule has 0 atom stereocenters. The summed E-state index contributed by atoms with van der Waals surface area (Å²) in [4.78, 5) is 13.5. The van der Waals surface area contributed by atoms with Crippen molar-refractivity contribution in [3.63, 3.8) is 0 Å². The van der Waals surface area contributed by atoms with Crippen molar-refractivity contribution in [2.45, 2.75) is 6.92 Å². The van der Waals surface area contributed by atoms with E-state index in [0.717, 1.165) is 11.4 Å². The molecule has 0 fully saturated rings. The highest BCUT2D eigenvalue weighted by Gasteiger charge is 2.32. The minimum atomic E-state index is -0.671. The van der Waals surface area contributed by atoms with Crippen LogP contribution >= 0.6 is 0 Å². The van der Waals surface area contributed by atoms with Gasteiger partial charge in [-0.05, 0) is 19.1 Å². The summed E-state index contributed by atoms with van der Waals surface area (Å²) in [7, 11) is 1.75. The zero-order valence-electron chi connectivity index (χ0n) is 10.8. The smallest absolute Gasteiger partial charge is 0.352 e. The van der Waals surface area contributed by atoms with Crippen LogP contribution in [0.2, 0.25) is 0 Å². The van der Waals surface area contributed by atoms with Crippen molar-refractivity contribution in [1.29, 1.82) is 5.26 Å². The summed E-state index contributed by atoms with van der Waals surface area (Å²) in [6, 6.07) is 9.25. The predicted octanol–water partition coefficient (Wildman–Crippen LogP) is 1.11. The standard InChI is InChI=1S/C13H14N4O2/c1-3-19-13(18)9(8-14)12-16(2)10-6-4-5-7-11(10)17(12)15/h4-7H,3,15H2,1-2H3/b12-9-. The molecule has 1 aromatic carbocycles. The minimum absolute atomic E-state index is 0.108. The summed E-state index contributed by atoms with van der Waals surface area (Å²) >= 11 is 0. The molecule has 0 saturated heterocycles. The minimum Gasteiger partial charge on any atom is -0.462 e. The summed E-state index contributed by atoms with van der Waals surface area (Å²) < 4.78 is 4.87. The number of carbonyl (C=O) groups excluding carboxylic acids is 1. The van der Waals surface area contributed by atoms with Gasteiger partial charge in [-0.1, -0.05) is 12.1 Å². The fraction of sp³-hybridized carbons (Fsp3) is 0.231. The number of fused-ring (bicyclic) bond motifs is 1. The second-order valence-corrected chi connectivity index (χ2v) is 3.95. The zero-order valence-corrected chi connectivity index (χ0v) is 10.8. The van der Waals surface area contributed by atoms with Crippen molar-refractivity contribution < 1.29 is 9.53 Å². The molecular formula is C13H14N4O2. The Labute approximate surface area is 111 Å². The molecule has 1 heterocycles. The number of hydrogen-bond donors (Lipinski definition) is 1. The maximum Gasteiger partial charge on any atom is 0.352 e. The Morgan fingerprint density at radius 1 is 1.42 bits per heavy atom. The molecule has 0 bridgehead atoms. The van der Waals surface area contributed by atoms with E-state index in [2.05, 4.69) is 0 Å². The molecule has 6 nitrogen and oxygen atoms in total. The largest absolute Gasteiger partial charge is 0.462 e. The summed E-state index contributed by atoms with van der Waals surface area (Å²) in [6.45, 7) is 1.89. The molecule has 0 radical (unpaired) electrons. The number of anilines is 2. The van der Waals surface area contributed by atoms with Gasteiger partial charge in [-0.15, -0.1) is 0 Å². The highest BCUT2D eigenvalue weighted by atomic mass is 16.5. The van der Waals surface area contributed by atoms with Crippen LogP contribution in [0.3, 0.4) is 0 Å². The Kier molecular flexibility index (Phi) is 3.40. The lowest BCUT2D eigenvalue weighted by Crippen LogP contribution is -2.34. The molecule has 19 heavy (non-hydrogen) atoms. The van der Waals surface area contributed by atoms with Gasteiger partial charge in [0.1, 0.15) is 6.07 Å². The topological polar surface area (TPSA) is 82.6 Å². The molecule has 1 aromatic rings. The molecule has 0 amide bonds. The van der Waals surface area contributed by atoms with Gasteiger partial charge in [-0.3, -0.25) is 5.01 Å². The number of hydrazine groups is 1. The lowest BCUT2D eigenvalue weighted by Gasteiger charge is -2.18. The van der Waals surface area contributed by atoms with Gasteiger partial charge in [0.2, 0.25) is 0 Å². The molecule has 0 aromatic heterocycles. The molecule has 1 aliphatic heterocycles. The highest BCUT2D eigenvalue weighted by molar-refractivity contribution is 5.97. The first kappa shape index (κ1) is 12.9. The average Bonchev–Trinajstić information content (AvgIpc) is 2.66. The molecule has 2 N–H and O–H groups in total. The number of rotatable bonds is 2. The Morgan fingerprint density at radius 2 is 2.05 bits per heavy atom.